The van der Waals surface area contributed by atoms with Gasteiger partial charge in [-0.25, -0.2) is 0 Å². The van der Waals surface area contributed by atoms with Gasteiger partial charge >= 0.3 is 0 Å². The fraction of sp³-hybridized carbons (Fsp3) is 0.923. The smallest absolute Gasteiger partial charge is 0.237 e. The predicted octanol–water partition coefficient (Wildman–Crippen LogP) is 1.45. The van der Waals surface area contributed by atoms with Crippen LogP contribution in [0, 0.1) is 0 Å². The molecule has 1 rings (SSSR count). The maximum Gasteiger partial charge on any atom is 0.237 e. The largest absolute Gasteiger partial charge is 0.377 e. The highest BCUT2D eigenvalue weighted by Gasteiger charge is 2.26. The minimum absolute atomic E-state index is 0.0438. The van der Waals surface area contributed by atoms with Crippen molar-refractivity contribution in [2.45, 2.75) is 71.2 Å². The number of nitrogens with one attached hydrogen (secondary N) is 2. The van der Waals surface area contributed by atoms with E-state index >= 15 is 0 Å². The van der Waals surface area contributed by atoms with Gasteiger partial charge in [0, 0.05) is 18.2 Å². The summed E-state index contributed by atoms with van der Waals surface area (Å²) in [5.41, 5.74) is -0.180. The minimum Gasteiger partial charge on any atom is -0.377 e. The molecule has 2 N–H and O–H groups in total. The molecule has 0 aromatic carbocycles. The van der Waals surface area contributed by atoms with Gasteiger partial charge in [0.25, 0.3) is 0 Å². The zero-order valence-corrected chi connectivity index (χ0v) is 11.7. The van der Waals surface area contributed by atoms with Crippen LogP contribution in [-0.2, 0) is 9.53 Å². The molecular weight excluding hydrogens is 216 g/mol. The van der Waals surface area contributed by atoms with Gasteiger partial charge < -0.3 is 15.4 Å². The van der Waals surface area contributed by atoms with Gasteiger partial charge in [-0.1, -0.05) is 0 Å². The van der Waals surface area contributed by atoms with Crippen molar-refractivity contribution in [3.63, 3.8) is 0 Å². The maximum absolute atomic E-state index is 11.9. The highest BCUT2D eigenvalue weighted by Crippen LogP contribution is 2.15. The van der Waals surface area contributed by atoms with E-state index in [1.54, 1.807) is 0 Å². The number of carbonyl (C=O) groups excluding carboxylic acids is 1. The number of ether oxygens (including phenoxy) is 1. The first kappa shape index (κ1) is 14.5. The van der Waals surface area contributed by atoms with Crippen LogP contribution in [0.3, 0.4) is 0 Å². The SMILES string of the molecule is CC(NC(C)C1CCCO1)C(=O)NC(C)(C)C. The molecule has 1 fully saturated rings. The average molecular weight is 242 g/mol. The third-order valence-electron chi connectivity index (χ3n) is 2.93. The Morgan fingerprint density at radius 2 is 2.00 bits per heavy atom. The molecule has 1 aliphatic heterocycles. The molecule has 100 valence electrons. The van der Waals surface area contributed by atoms with Crippen LogP contribution in [0.4, 0.5) is 0 Å². The number of hydrogen-bond acceptors (Lipinski definition) is 3. The zero-order valence-electron chi connectivity index (χ0n) is 11.7. The van der Waals surface area contributed by atoms with E-state index in [1.807, 2.05) is 27.7 Å². The summed E-state index contributed by atoms with van der Waals surface area (Å²) < 4.78 is 5.60. The molecule has 1 aliphatic rings. The Hall–Kier alpha value is -0.610. The Bertz CT molecular complexity index is 255. The molecule has 17 heavy (non-hydrogen) atoms. The van der Waals surface area contributed by atoms with Crippen LogP contribution in [0.15, 0.2) is 0 Å². The summed E-state index contributed by atoms with van der Waals surface area (Å²) in [6.45, 7) is 10.8. The monoisotopic (exact) mass is 242 g/mol. The summed E-state index contributed by atoms with van der Waals surface area (Å²) in [4.78, 5) is 11.9. The van der Waals surface area contributed by atoms with E-state index in [1.165, 1.54) is 0 Å². The first-order valence-electron chi connectivity index (χ1n) is 6.49. The Kier molecular flexibility index (Phi) is 4.95. The van der Waals surface area contributed by atoms with Gasteiger partial charge in [-0.15, -0.1) is 0 Å². The normalized spacial score (nSPS) is 24.4. The molecule has 0 aromatic rings. The molecule has 1 heterocycles. The predicted molar refractivity (Wildman–Crippen MR) is 68.9 cm³/mol. The fourth-order valence-electron chi connectivity index (χ4n) is 2.05. The molecule has 1 amide bonds. The summed E-state index contributed by atoms with van der Waals surface area (Å²) in [6, 6.07) is 0.0339. The van der Waals surface area contributed by atoms with Gasteiger partial charge in [-0.3, -0.25) is 4.79 Å². The Morgan fingerprint density at radius 3 is 2.47 bits per heavy atom. The van der Waals surface area contributed by atoms with Crippen molar-refractivity contribution in [3.8, 4) is 0 Å². The lowest BCUT2D eigenvalue weighted by Crippen LogP contribution is -2.53. The molecule has 0 saturated carbocycles. The molecule has 0 aliphatic carbocycles. The number of rotatable bonds is 4. The van der Waals surface area contributed by atoms with E-state index in [9.17, 15) is 4.79 Å². The first-order chi connectivity index (χ1) is 7.79. The van der Waals surface area contributed by atoms with Crippen molar-refractivity contribution in [3.05, 3.63) is 0 Å². The molecule has 0 radical (unpaired) electrons. The van der Waals surface area contributed by atoms with E-state index in [2.05, 4.69) is 17.6 Å². The van der Waals surface area contributed by atoms with E-state index in [0.717, 1.165) is 19.4 Å². The van der Waals surface area contributed by atoms with E-state index in [-0.39, 0.29) is 29.6 Å². The van der Waals surface area contributed by atoms with Crippen molar-refractivity contribution in [2.75, 3.05) is 6.61 Å². The molecule has 4 heteroatoms. The van der Waals surface area contributed by atoms with E-state index in [4.69, 9.17) is 4.74 Å². The van der Waals surface area contributed by atoms with E-state index < -0.39 is 0 Å². The molecule has 0 bridgehead atoms. The third-order valence-corrected chi connectivity index (χ3v) is 2.93. The lowest BCUT2D eigenvalue weighted by atomic mass is 10.1. The quantitative estimate of drug-likeness (QED) is 0.784. The van der Waals surface area contributed by atoms with Gasteiger partial charge in [-0.2, -0.15) is 0 Å². The van der Waals surface area contributed by atoms with Crippen LogP contribution >= 0.6 is 0 Å². The highest BCUT2D eigenvalue weighted by molar-refractivity contribution is 5.81. The van der Waals surface area contributed by atoms with Crippen molar-refractivity contribution < 1.29 is 9.53 Å². The van der Waals surface area contributed by atoms with Gasteiger partial charge in [0.1, 0.15) is 0 Å². The molecule has 0 spiro atoms. The van der Waals surface area contributed by atoms with Crippen molar-refractivity contribution >= 4 is 5.91 Å². The van der Waals surface area contributed by atoms with E-state index in [0.29, 0.717) is 0 Å². The molecule has 0 aromatic heterocycles. The first-order valence-corrected chi connectivity index (χ1v) is 6.49. The number of hydrogen-bond donors (Lipinski definition) is 2. The Morgan fingerprint density at radius 1 is 1.35 bits per heavy atom. The minimum atomic E-state index is -0.187. The summed E-state index contributed by atoms with van der Waals surface area (Å²) >= 11 is 0. The van der Waals surface area contributed by atoms with Crippen LogP contribution in [0.25, 0.3) is 0 Å². The van der Waals surface area contributed by atoms with Crippen LogP contribution in [0.2, 0.25) is 0 Å². The molecule has 4 nitrogen and oxygen atoms in total. The average Bonchev–Trinajstić information content (AvgIpc) is 2.67. The molecule has 1 saturated heterocycles. The zero-order chi connectivity index (χ0) is 13.1. The standard InChI is InChI=1S/C13H26N2O2/c1-9(11-7-6-8-17-11)14-10(2)12(16)15-13(3,4)5/h9-11,14H,6-8H2,1-5H3,(H,15,16). The summed E-state index contributed by atoms with van der Waals surface area (Å²) in [5, 5.41) is 6.28. The molecule has 3 atom stereocenters. The van der Waals surface area contributed by atoms with Crippen LogP contribution in [0.5, 0.6) is 0 Å². The lowest BCUT2D eigenvalue weighted by Gasteiger charge is -2.27. The third kappa shape index (κ3) is 5.04. The van der Waals surface area contributed by atoms with Crippen LogP contribution < -0.4 is 10.6 Å². The van der Waals surface area contributed by atoms with Gasteiger partial charge in [0.05, 0.1) is 12.1 Å². The number of carbonyl (C=O) groups is 1. The fourth-order valence-corrected chi connectivity index (χ4v) is 2.05. The summed E-state index contributed by atoms with van der Waals surface area (Å²) in [5.74, 6) is 0.0438. The highest BCUT2D eigenvalue weighted by atomic mass is 16.5. The second-order valence-corrected chi connectivity index (χ2v) is 5.97. The Labute approximate surface area is 104 Å². The van der Waals surface area contributed by atoms with Gasteiger partial charge in [0.15, 0.2) is 0 Å². The Balaban J connectivity index is 2.37. The molecular formula is C13H26N2O2. The molecule has 3 unspecified atom stereocenters. The lowest BCUT2D eigenvalue weighted by molar-refractivity contribution is -0.124. The van der Waals surface area contributed by atoms with Gasteiger partial charge in [0.2, 0.25) is 5.91 Å². The van der Waals surface area contributed by atoms with Crippen LogP contribution in [0.1, 0.15) is 47.5 Å². The van der Waals surface area contributed by atoms with Crippen molar-refractivity contribution in [2.24, 2.45) is 0 Å². The summed E-state index contributed by atoms with van der Waals surface area (Å²) in [7, 11) is 0. The topological polar surface area (TPSA) is 50.4 Å². The second kappa shape index (κ2) is 5.83. The van der Waals surface area contributed by atoms with Crippen LogP contribution in [-0.4, -0.2) is 36.2 Å². The second-order valence-electron chi connectivity index (χ2n) is 5.97. The number of amides is 1. The van der Waals surface area contributed by atoms with Gasteiger partial charge in [-0.05, 0) is 47.5 Å². The van der Waals surface area contributed by atoms with Crippen molar-refractivity contribution in [1.29, 1.82) is 0 Å². The summed E-state index contributed by atoms with van der Waals surface area (Å²) in [6.07, 6.45) is 2.46. The van der Waals surface area contributed by atoms with Crippen molar-refractivity contribution in [1.82, 2.24) is 10.6 Å². The maximum atomic E-state index is 11.9.